The lowest BCUT2D eigenvalue weighted by atomic mass is 10.2. The van der Waals surface area contributed by atoms with E-state index in [4.69, 9.17) is 4.74 Å². The smallest absolute Gasteiger partial charge is 0.243 e. The summed E-state index contributed by atoms with van der Waals surface area (Å²) in [5.41, 5.74) is 1.98. The number of sulfonamides is 2. The SMILES string of the molecule is Cc1nccn1-c1ccc(CNC(=O)CN(c2ccc(S(=O)(=O)N3CCOCC3)cc2)S(C)(=O)=O)cc1. The van der Waals surface area contributed by atoms with Gasteiger partial charge in [-0.3, -0.25) is 9.10 Å². The van der Waals surface area contributed by atoms with E-state index in [9.17, 15) is 21.6 Å². The predicted molar refractivity (Wildman–Crippen MR) is 138 cm³/mol. The number of aromatic nitrogens is 2. The van der Waals surface area contributed by atoms with Gasteiger partial charge in [0.1, 0.15) is 12.4 Å². The number of hydrogen-bond donors (Lipinski definition) is 1. The van der Waals surface area contributed by atoms with Gasteiger partial charge in [0.15, 0.2) is 0 Å². The molecule has 198 valence electrons. The van der Waals surface area contributed by atoms with E-state index in [1.54, 1.807) is 6.20 Å². The van der Waals surface area contributed by atoms with Crippen molar-refractivity contribution in [2.24, 2.45) is 0 Å². The number of rotatable bonds is 9. The number of anilines is 1. The van der Waals surface area contributed by atoms with Crippen molar-refractivity contribution in [3.63, 3.8) is 0 Å². The molecular formula is C24H29N5O6S2. The van der Waals surface area contributed by atoms with Crippen LogP contribution in [0.15, 0.2) is 65.8 Å². The largest absolute Gasteiger partial charge is 0.379 e. The first-order valence-electron chi connectivity index (χ1n) is 11.6. The van der Waals surface area contributed by atoms with Crippen LogP contribution in [0.25, 0.3) is 5.69 Å². The number of hydrogen-bond acceptors (Lipinski definition) is 7. The molecule has 0 aliphatic carbocycles. The molecule has 0 radical (unpaired) electrons. The second kappa shape index (κ2) is 11.0. The quantitative estimate of drug-likeness (QED) is 0.427. The van der Waals surface area contributed by atoms with Crippen molar-refractivity contribution in [3.05, 3.63) is 72.3 Å². The first-order chi connectivity index (χ1) is 17.6. The third-order valence-electron chi connectivity index (χ3n) is 5.95. The first kappa shape index (κ1) is 26.8. The van der Waals surface area contributed by atoms with Gasteiger partial charge in [-0.25, -0.2) is 21.8 Å². The number of benzene rings is 2. The highest BCUT2D eigenvalue weighted by Crippen LogP contribution is 2.23. The lowest BCUT2D eigenvalue weighted by molar-refractivity contribution is -0.119. The van der Waals surface area contributed by atoms with Crippen molar-refractivity contribution in [2.75, 3.05) is 43.4 Å². The van der Waals surface area contributed by atoms with E-state index in [1.165, 1.54) is 28.6 Å². The second-order valence-corrected chi connectivity index (χ2v) is 12.4. The summed E-state index contributed by atoms with van der Waals surface area (Å²) in [6.45, 7) is 2.83. The number of nitrogens with zero attached hydrogens (tertiary/aromatic N) is 4. The van der Waals surface area contributed by atoms with Gasteiger partial charge >= 0.3 is 0 Å². The molecule has 0 saturated carbocycles. The van der Waals surface area contributed by atoms with E-state index in [0.717, 1.165) is 27.6 Å². The number of nitrogens with one attached hydrogen (secondary N) is 1. The van der Waals surface area contributed by atoms with E-state index in [1.807, 2.05) is 42.0 Å². The maximum absolute atomic E-state index is 12.8. The zero-order valence-electron chi connectivity index (χ0n) is 20.6. The summed E-state index contributed by atoms with van der Waals surface area (Å²) in [4.78, 5) is 16.9. The standard InChI is InChI=1S/C24H29N5O6S2/c1-19-25-11-12-28(19)21-5-3-20(4-6-21)17-26-24(30)18-29(36(2,31)32)22-7-9-23(10-8-22)37(33,34)27-13-15-35-16-14-27/h3-12H,13-18H2,1-2H3,(H,26,30). The molecule has 0 unspecified atom stereocenters. The molecule has 4 rings (SSSR count). The van der Waals surface area contributed by atoms with Crippen LogP contribution in [-0.4, -0.2) is 75.7 Å². The molecule has 2 heterocycles. The van der Waals surface area contributed by atoms with E-state index in [0.29, 0.717) is 13.2 Å². The molecule has 0 bridgehead atoms. The van der Waals surface area contributed by atoms with Gasteiger partial charge in [0.2, 0.25) is 26.0 Å². The number of aryl methyl sites for hydroxylation is 1. The minimum atomic E-state index is -3.81. The van der Waals surface area contributed by atoms with Crippen LogP contribution < -0.4 is 9.62 Å². The fourth-order valence-electron chi connectivity index (χ4n) is 3.93. The lowest BCUT2D eigenvalue weighted by Gasteiger charge is -2.26. The average Bonchev–Trinajstić information content (AvgIpc) is 3.32. The fourth-order valence-corrected chi connectivity index (χ4v) is 6.20. The van der Waals surface area contributed by atoms with Gasteiger partial charge in [-0.15, -0.1) is 0 Å². The van der Waals surface area contributed by atoms with Crippen molar-refractivity contribution in [3.8, 4) is 5.69 Å². The summed E-state index contributed by atoms with van der Waals surface area (Å²) in [6, 6.07) is 13.0. The van der Waals surface area contributed by atoms with Crippen LogP contribution in [-0.2, 0) is 36.1 Å². The number of morpholine rings is 1. The molecule has 0 spiro atoms. The normalized spacial score (nSPS) is 14.9. The van der Waals surface area contributed by atoms with Crippen LogP contribution in [0, 0.1) is 6.92 Å². The number of carbonyl (C=O) groups excluding carboxylic acids is 1. The Labute approximate surface area is 216 Å². The van der Waals surface area contributed by atoms with E-state index in [2.05, 4.69) is 10.3 Å². The highest BCUT2D eigenvalue weighted by atomic mass is 32.2. The van der Waals surface area contributed by atoms with Crippen LogP contribution in [0.5, 0.6) is 0 Å². The fraction of sp³-hybridized carbons (Fsp3) is 0.333. The number of imidazole rings is 1. The molecular weight excluding hydrogens is 518 g/mol. The van der Waals surface area contributed by atoms with Crippen molar-refractivity contribution >= 4 is 31.6 Å². The zero-order chi connectivity index (χ0) is 26.6. The van der Waals surface area contributed by atoms with Crippen LogP contribution in [0.4, 0.5) is 5.69 Å². The molecule has 1 saturated heterocycles. The van der Waals surface area contributed by atoms with Crippen LogP contribution in [0.2, 0.25) is 0 Å². The molecule has 1 aliphatic rings. The summed E-state index contributed by atoms with van der Waals surface area (Å²) in [5.74, 6) is 0.360. The molecule has 2 aromatic carbocycles. The van der Waals surface area contributed by atoms with Crippen molar-refractivity contribution < 1.29 is 26.4 Å². The summed E-state index contributed by atoms with van der Waals surface area (Å²) in [5, 5.41) is 2.74. The summed E-state index contributed by atoms with van der Waals surface area (Å²) in [7, 11) is -7.53. The van der Waals surface area contributed by atoms with Gasteiger partial charge in [-0.1, -0.05) is 12.1 Å². The topological polar surface area (TPSA) is 131 Å². The van der Waals surface area contributed by atoms with Crippen molar-refractivity contribution in [1.82, 2.24) is 19.2 Å². The molecule has 1 N–H and O–H groups in total. The summed E-state index contributed by atoms with van der Waals surface area (Å²) < 4.78 is 60.0. The Bertz CT molecular complexity index is 1450. The zero-order valence-corrected chi connectivity index (χ0v) is 22.2. The molecule has 13 heteroatoms. The van der Waals surface area contributed by atoms with Crippen molar-refractivity contribution in [1.29, 1.82) is 0 Å². The Hall–Kier alpha value is -3.26. The molecule has 0 atom stereocenters. The van der Waals surface area contributed by atoms with Gasteiger partial charge < -0.3 is 14.6 Å². The van der Waals surface area contributed by atoms with Gasteiger partial charge in [0, 0.05) is 37.7 Å². The maximum Gasteiger partial charge on any atom is 0.243 e. The molecule has 3 aromatic rings. The number of carbonyl (C=O) groups is 1. The molecule has 1 aliphatic heterocycles. The molecule has 11 nitrogen and oxygen atoms in total. The third kappa shape index (κ3) is 6.36. The Kier molecular flexibility index (Phi) is 7.97. The Balaban J connectivity index is 1.41. The van der Waals surface area contributed by atoms with Crippen LogP contribution >= 0.6 is 0 Å². The van der Waals surface area contributed by atoms with Gasteiger partial charge in [0.05, 0.1) is 30.1 Å². The highest BCUT2D eigenvalue weighted by molar-refractivity contribution is 7.92. The second-order valence-electron chi connectivity index (χ2n) is 8.57. The minimum Gasteiger partial charge on any atom is -0.379 e. The monoisotopic (exact) mass is 547 g/mol. The molecule has 1 fully saturated rings. The Morgan fingerprint density at radius 1 is 1.03 bits per heavy atom. The third-order valence-corrected chi connectivity index (χ3v) is 9.00. The van der Waals surface area contributed by atoms with E-state index < -0.39 is 32.5 Å². The first-order valence-corrected chi connectivity index (χ1v) is 14.9. The minimum absolute atomic E-state index is 0.0467. The molecule has 37 heavy (non-hydrogen) atoms. The van der Waals surface area contributed by atoms with Crippen LogP contribution in [0.3, 0.4) is 0 Å². The van der Waals surface area contributed by atoms with Gasteiger partial charge in [-0.2, -0.15) is 4.31 Å². The van der Waals surface area contributed by atoms with E-state index in [-0.39, 0.29) is 30.2 Å². The molecule has 1 aromatic heterocycles. The van der Waals surface area contributed by atoms with Crippen molar-refractivity contribution in [2.45, 2.75) is 18.4 Å². The Morgan fingerprint density at radius 2 is 1.68 bits per heavy atom. The summed E-state index contributed by atoms with van der Waals surface area (Å²) in [6.07, 6.45) is 4.57. The van der Waals surface area contributed by atoms with Gasteiger partial charge in [-0.05, 0) is 48.9 Å². The number of ether oxygens (including phenoxy) is 1. The summed E-state index contributed by atoms with van der Waals surface area (Å²) >= 11 is 0. The average molecular weight is 548 g/mol. The lowest BCUT2D eigenvalue weighted by Crippen LogP contribution is -2.41. The number of amides is 1. The Morgan fingerprint density at radius 3 is 2.24 bits per heavy atom. The van der Waals surface area contributed by atoms with Crippen LogP contribution in [0.1, 0.15) is 11.4 Å². The van der Waals surface area contributed by atoms with Gasteiger partial charge in [0.25, 0.3) is 0 Å². The molecule has 1 amide bonds. The van der Waals surface area contributed by atoms with E-state index >= 15 is 0 Å². The highest BCUT2D eigenvalue weighted by Gasteiger charge is 2.27. The predicted octanol–water partition coefficient (Wildman–Crippen LogP) is 1.28. The maximum atomic E-state index is 12.8.